The summed E-state index contributed by atoms with van der Waals surface area (Å²) < 4.78 is 0. The Kier molecular flexibility index (Phi) is 13.4. The van der Waals surface area contributed by atoms with E-state index >= 15 is 0 Å². The van der Waals surface area contributed by atoms with Crippen molar-refractivity contribution in [2.45, 2.75) is 172 Å². The number of aromatic amines is 2. The van der Waals surface area contributed by atoms with E-state index < -0.39 is 0 Å². The number of aromatic nitrogens is 4. The van der Waals surface area contributed by atoms with Crippen LogP contribution in [0.5, 0.6) is 0 Å². The van der Waals surface area contributed by atoms with Crippen LogP contribution in [0.4, 0.5) is 5.69 Å². The molecule has 12 rings (SSSR count). The van der Waals surface area contributed by atoms with Crippen LogP contribution in [-0.2, 0) is 15.0 Å². The maximum Gasteiger partial charge on any atom is 0.231 e. The van der Waals surface area contributed by atoms with Crippen molar-refractivity contribution in [1.82, 2.24) is 29.7 Å². The Hall–Kier alpha value is -5.96. The number of allylic oxidation sites excluding steroid dienone is 3. The largest absolute Gasteiger partial charge is 0.357 e. The van der Waals surface area contributed by atoms with E-state index in [9.17, 15) is 9.59 Å². The maximum atomic E-state index is 14.8. The Bertz CT molecular complexity index is 2980. The van der Waals surface area contributed by atoms with Crippen LogP contribution in [0, 0.1) is 17.8 Å². The summed E-state index contributed by atoms with van der Waals surface area (Å²) in [5.74, 6) is 3.05. The molecule has 380 valence electrons. The number of fused-ring (bicyclic) bond motifs is 2. The predicted octanol–water partition coefficient (Wildman–Crippen LogP) is 15.0. The first-order valence-corrected chi connectivity index (χ1v) is 28.6. The van der Waals surface area contributed by atoms with Crippen LogP contribution in [-0.4, -0.2) is 54.6 Å². The number of carbonyl (C=O) groups is 2. The van der Waals surface area contributed by atoms with Gasteiger partial charge in [-0.15, -0.1) is 0 Å². The van der Waals surface area contributed by atoms with Crippen molar-refractivity contribution in [3.05, 3.63) is 149 Å². The molecule has 5 heterocycles. The Morgan fingerprint density at radius 3 is 1.62 bits per heavy atom. The van der Waals surface area contributed by atoms with Gasteiger partial charge in [0.1, 0.15) is 11.6 Å². The molecule has 2 unspecified atom stereocenters. The maximum absolute atomic E-state index is 14.8. The van der Waals surface area contributed by atoms with Crippen LogP contribution in [0.2, 0.25) is 0 Å². The van der Waals surface area contributed by atoms with Crippen LogP contribution in [0.1, 0.15) is 200 Å². The number of benzene rings is 4. The zero-order valence-electron chi connectivity index (χ0n) is 43.7. The third kappa shape index (κ3) is 9.48. The van der Waals surface area contributed by atoms with Gasteiger partial charge in [-0.05, 0) is 159 Å². The van der Waals surface area contributed by atoms with E-state index in [0.717, 1.165) is 129 Å². The van der Waals surface area contributed by atoms with Crippen molar-refractivity contribution >= 4 is 39.6 Å². The van der Waals surface area contributed by atoms with Crippen molar-refractivity contribution in [2.24, 2.45) is 17.8 Å². The molecule has 0 spiro atoms. The van der Waals surface area contributed by atoms with Crippen LogP contribution in [0.25, 0.3) is 22.1 Å². The fraction of sp³-hybridized carbons (Fsp3) is 0.500. The highest BCUT2D eigenvalue weighted by atomic mass is 16.2. The van der Waals surface area contributed by atoms with E-state index in [0.29, 0.717) is 17.7 Å². The zero-order chi connectivity index (χ0) is 49.6. The summed E-state index contributed by atoms with van der Waals surface area (Å²) in [7, 11) is 0. The van der Waals surface area contributed by atoms with E-state index in [4.69, 9.17) is 9.97 Å². The molecule has 4 aromatic carbocycles. The lowest BCUT2D eigenvalue weighted by Gasteiger charge is -2.35. The summed E-state index contributed by atoms with van der Waals surface area (Å²) >= 11 is 0. The standard InChI is InChI=1S/C64H77N7O2/c1-64(2,3)48-30-32-49(33-31-48)71-54(46-28-34-50-52(40-46)67-60(65-50)56-26-16-38-69(56)62(72)58(42-18-8-4-9-19-42)43-20-10-5-11-21-43)36-37-55(71)47-29-35-51-53(41-47)68-61(66-51)57-27-17-39-70(57)63(73)59(44-22-12-6-13-23-44)45-24-14-7-15-25-45/h4,8-9,12,18-19,22-23,28-35,40-41,43,45,54-59H,5-7,10-11,13-17,20-21,24-27,36-39H2,1-3H3,(H,65,67)(H,66,68)/t54-,55-,56+,57+,58?,59?/m1/s1. The number of anilines is 1. The smallest absolute Gasteiger partial charge is 0.231 e. The second-order valence-electron chi connectivity index (χ2n) is 23.8. The molecular formula is C64H77N7O2. The number of hydrogen-bond donors (Lipinski definition) is 2. The molecule has 3 aliphatic carbocycles. The van der Waals surface area contributed by atoms with Crippen molar-refractivity contribution in [3.63, 3.8) is 0 Å². The van der Waals surface area contributed by atoms with Crippen LogP contribution in [0.15, 0.2) is 115 Å². The summed E-state index contributed by atoms with van der Waals surface area (Å²) in [4.78, 5) is 54.8. The number of H-pyrrole nitrogens is 2. The van der Waals surface area contributed by atoms with E-state index in [1.807, 2.05) is 0 Å². The van der Waals surface area contributed by atoms with Crippen LogP contribution < -0.4 is 4.90 Å². The van der Waals surface area contributed by atoms with Gasteiger partial charge in [0, 0.05) is 18.8 Å². The van der Waals surface area contributed by atoms with Gasteiger partial charge in [-0.1, -0.05) is 132 Å². The van der Waals surface area contributed by atoms with Crippen molar-refractivity contribution in [3.8, 4) is 0 Å². The first kappa shape index (κ1) is 48.0. The number of imidazole rings is 2. The topological polar surface area (TPSA) is 101 Å². The van der Waals surface area contributed by atoms with Gasteiger partial charge in [0.2, 0.25) is 11.8 Å². The first-order valence-electron chi connectivity index (χ1n) is 28.6. The lowest BCUT2D eigenvalue weighted by molar-refractivity contribution is -0.137. The number of hydrogen-bond acceptors (Lipinski definition) is 5. The van der Waals surface area contributed by atoms with Crippen LogP contribution in [0.3, 0.4) is 0 Å². The SMILES string of the molecule is CC(C)(C)c1ccc(N2[C@@H](c3ccc4nc([C@@H]5CCCN5C(=O)C(C5=CCCC=C5)C5CCCCC5)[nH]c4c3)CC[C@@H]2c2ccc3nc([C@@H]4CCCN4C(=O)C(c4ccccc4)C4CCCCC4)[nH]c3c2)cc1. The van der Waals surface area contributed by atoms with Gasteiger partial charge >= 0.3 is 0 Å². The van der Waals surface area contributed by atoms with Gasteiger partial charge in [-0.25, -0.2) is 9.97 Å². The molecule has 9 heteroatoms. The number of likely N-dealkylation sites (tertiary alicyclic amines) is 2. The summed E-state index contributed by atoms with van der Waals surface area (Å²) in [6.45, 7) is 8.41. The predicted molar refractivity (Wildman–Crippen MR) is 294 cm³/mol. The molecule has 2 saturated carbocycles. The molecule has 2 aromatic heterocycles. The van der Waals surface area contributed by atoms with Gasteiger partial charge in [-0.2, -0.15) is 0 Å². The minimum Gasteiger partial charge on any atom is -0.357 e. The number of carbonyl (C=O) groups excluding carboxylic acids is 2. The fourth-order valence-corrected chi connectivity index (χ4v) is 14.5. The second kappa shape index (κ2) is 20.4. The Morgan fingerprint density at radius 1 is 0.562 bits per heavy atom. The quantitative estimate of drug-likeness (QED) is 0.135. The van der Waals surface area contributed by atoms with Crippen molar-refractivity contribution in [1.29, 1.82) is 0 Å². The number of amides is 2. The molecule has 2 amide bonds. The average molecular weight is 976 g/mol. The third-order valence-corrected chi connectivity index (χ3v) is 18.3. The molecule has 2 N–H and O–H groups in total. The first-order chi connectivity index (χ1) is 35.7. The van der Waals surface area contributed by atoms with Gasteiger partial charge in [0.15, 0.2) is 0 Å². The lowest BCUT2D eigenvalue weighted by atomic mass is 9.74. The fourth-order valence-electron chi connectivity index (χ4n) is 14.5. The van der Waals surface area contributed by atoms with E-state index in [-0.39, 0.29) is 47.3 Å². The molecular weight excluding hydrogens is 899 g/mol. The van der Waals surface area contributed by atoms with Gasteiger partial charge in [-0.3, -0.25) is 9.59 Å². The zero-order valence-corrected chi connectivity index (χ0v) is 43.7. The molecule has 3 aliphatic heterocycles. The summed E-state index contributed by atoms with van der Waals surface area (Å²) in [6, 6.07) is 33.7. The van der Waals surface area contributed by atoms with Gasteiger partial charge in [0.25, 0.3) is 0 Å². The lowest BCUT2D eigenvalue weighted by Crippen LogP contribution is -2.40. The molecule has 6 aromatic rings. The molecule has 6 atom stereocenters. The third-order valence-electron chi connectivity index (χ3n) is 18.3. The second-order valence-corrected chi connectivity index (χ2v) is 23.8. The van der Waals surface area contributed by atoms with Gasteiger partial charge in [0.05, 0.1) is 58.1 Å². The Morgan fingerprint density at radius 2 is 1.10 bits per heavy atom. The minimum absolute atomic E-state index is 0.0424. The molecule has 5 fully saturated rings. The minimum atomic E-state index is -0.105. The Balaban J connectivity index is 0.828. The van der Waals surface area contributed by atoms with E-state index in [2.05, 4.69) is 155 Å². The summed E-state index contributed by atoms with van der Waals surface area (Å²) in [6.07, 6.45) is 26.8. The molecule has 6 aliphatic rings. The highest BCUT2D eigenvalue weighted by molar-refractivity contribution is 5.86. The van der Waals surface area contributed by atoms with Crippen LogP contribution >= 0.6 is 0 Å². The van der Waals surface area contributed by atoms with E-state index in [1.54, 1.807) is 0 Å². The van der Waals surface area contributed by atoms with Crippen molar-refractivity contribution in [2.75, 3.05) is 18.0 Å². The molecule has 0 radical (unpaired) electrons. The average Bonchev–Trinajstić information content (AvgIpc) is 4.29. The molecule has 3 saturated heterocycles. The number of rotatable bonds is 11. The van der Waals surface area contributed by atoms with Crippen molar-refractivity contribution < 1.29 is 9.59 Å². The molecule has 73 heavy (non-hydrogen) atoms. The van der Waals surface area contributed by atoms with E-state index in [1.165, 1.54) is 66.5 Å². The normalized spacial score (nSPS) is 24.2. The molecule has 9 nitrogen and oxygen atoms in total. The summed E-state index contributed by atoms with van der Waals surface area (Å²) in [5.41, 5.74) is 11.5. The molecule has 0 bridgehead atoms. The number of nitrogens with one attached hydrogen (secondary N) is 2. The highest BCUT2D eigenvalue weighted by Crippen LogP contribution is 2.49. The number of nitrogens with zero attached hydrogens (tertiary/aromatic N) is 5. The Labute approximate surface area is 433 Å². The summed E-state index contributed by atoms with van der Waals surface area (Å²) in [5, 5.41) is 0. The monoisotopic (exact) mass is 976 g/mol. The highest BCUT2D eigenvalue weighted by Gasteiger charge is 2.43. The van der Waals surface area contributed by atoms with Gasteiger partial charge < -0.3 is 24.7 Å².